The van der Waals surface area contributed by atoms with E-state index in [1.54, 1.807) is 13.0 Å². The molecule has 0 unspecified atom stereocenters. The van der Waals surface area contributed by atoms with Crippen molar-refractivity contribution < 1.29 is 5.11 Å². The van der Waals surface area contributed by atoms with Crippen molar-refractivity contribution >= 4 is 28.9 Å². The van der Waals surface area contributed by atoms with Gasteiger partial charge in [0.15, 0.2) is 0 Å². The highest BCUT2D eigenvalue weighted by atomic mass is 35.5. The van der Waals surface area contributed by atoms with E-state index >= 15 is 0 Å². The maximum Gasteiger partial charge on any atom is 0.0762 e. The molecular formula is C16H17Cl2NO. The molecule has 2 aromatic rings. The Morgan fingerprint density at radius 3 is 2.40 bits per heavy atom. The lowest BCUT2D eigenvalue weighted by Gasteiger charge is -2.22. The van der Waals surface area contributed by atoms with E-state index in [1.165, 1.54) is 0 Å². The van der Waals surface area contributed by atoms with Gasteiger partial charge < -0.3 is 10.0 Å². The third kappa shape index (κ3) is 3.45. The van der Waals surface area contributed by atoms with Gasteiger partial charge in [-0.1, -0.05) is 47.5 Å². The summed E-state index contributed by atoms with van der Waals surface area (Å²) in [6.07, 6.45) is -0.518. The lowest BCUT2D eigenvalue weighted by Crippen LogP contribution is -2.17. The fourth-order valence-corrected chi connectivity index (χ4v) is 2.59. The van der Waals surface area contributed by atoms with Gasteiger partial charge in [-0.15, -0.1) is 0 Å². The van der Waals surface area contributed by atoms with Crippen molar-refractivity contribution in [1.82, 2.24) is 0 Å². The molecule has 2 aromatic carbocycles. The largest absolute Gasteiger partial charge is 0.389 e. The Labute approximate surface area is 129 Å². The van der Waals surface area contributed by atoms with Crippen LogP contribution in [0.25, 0.3) is 0 Å². The van der Waals surface area contributed by atoms with Crippen LogP contribution in [-0.4, -0.2) is 12.2 Å². The molecule has 1 N–H and O–H groups in total. The average Bonchev–Trinajstić information content (AvgIpc) is 2.41. The summed E-state index contributed by atoms with van der Waals surface area (Å²) in [7, 11) is 1.96. The molecule has 0 radical (unpaired) electrons. The molecule has 0 aliphatic rings. The summed E-state index contributed by atoms with van der Waals surface area (Å²) in [5, 5.41) is 10.9. The van der Waals surface area contributed by atoms with Crippen LogP contribution in [0.2, 0.25) is 10.0 Å². The molecule has 2 rings (SSSR count). The summed E-state index contributed by atoms with van der Waals surface area (Å²) in [6, 6.07) is 13.4. The number of rotatable bonds is 4. The number of anilines is 1. The monoisotopic (exact) mass is 309 g/mol. The van der Waals surface area contributed by atoms with Gasteiger partial charge in [0.25, 0.3) is 0 Å². The second-order valence-electron chi connectivity index (χ2n) is 4.83. The molecule has 0 aliphatic carbocycles. The molecule has 2 nitrogen and oxygen atoms in total. The fourth-order valence-electron chi connectivity index (χ4n) is 2.06. The standard InChI is InChI=1S/C16H17Cl2NO/c1-11(20)12-7-8-16(15(18)9-12)19(2)10-13-5-3-4-6-14(13)17/h3-9,11,20H,10H2,1-2H3/t11-/m0/s1. The lowest BCUT2D eigenvalue weighted by molar-refractivity contribution is 0.199. The molecule has 0 aliphatic heterocycles. The molecule has 1 atom stereocenters. The summed E-state index contributed by atoms with van der Waals surface area (Å²) >= 11 is 12.5. The van der Waals surface area contributed by atoms with Gasteiger partial charge in [-0.25, -0.2) is 0 Å². The van der Waals surface area contributed by atoms with Crippen LogP contribution in [0.4, 0.5) is 5.69 Å². The summed E-state index contributed by atoms with van der Waals surface area (Å²) in [6.45, 7) is 2.40. The van der Waals surface area contributed by atoms with Crippen LogP contribution in [0.5, 0.6) is 0 Å². The number of nitrogens with zero attached hydrogens (tertiary/aromatic N) is 1. The van der Waals surface area contributed by atoms with Gasteiger partial charge in [0.1, 0.15) is 0 Å². The SMILES string of the molecule is C[C@H](O)c1ccc(N(C)Cc2ccccc2Cl)c(Cl)c1. The molecule has 4 heteroatoms. The Morgan fingerprint density at radius 2 is 1.80 bits per heavy atom. The summed E-state index contributed by atoms with van der Waals surface area (Å²) in [5.74, 6) is 0. The lowest BCUT2D eigenvalue weighted by atomic mass is 10.1. The molecular weight excluding hydrogens is 293 g/mol. The third-order valence-corrected chi connectivity index (χ3v) is 3.90. The van der Waals surface area contributed by atoms with E-state index < -0.39 is 6.10 Å². The zero-order valence-electron chi connectivity index (χ0n) is 11.5. The second kappa shape index (κ2) is 6.49. The number of benzene rings is 2. The predicted octanol–water partition coefficient (Wildman–Crippen LogP) is 4.68. The fraction of sp³-hybridized carbons (Fsp3) is 0.250. The van der Waals surface area contributed by atoms with Crippen LogP contribution < -0.4 is 4.90 Å². The van der Waals surface area contributed by atoms with Crippen LogP contribution in [0.15, 0.2) is 42.5 Å². The minimum Gasteiger partial charge on any atom is -0.389 e. The molecule has 20 heavy (non-hydrogen) atoms. The van der Waals surface area contributed by atoms with Crippen LogP contribution in [0.1, 0.15) is 24.2 Å². The predicted molar refractivity (Wildman–Crippen MR) is 85.6 cm³/mol. The average molecular weight is 310 g/mol. The molecule has 0 saturated carbocycles. The van der Waals surface area contributed by atoms with Gasteiger partial charge in [0, 0.05) is 18.6 Å². The third-order valence-electron chi connectivity index (χ3n) is 3.23. The van der Waals surface area contributed by atoms with E-state index in [0.29, 0.717) is 11.6 Å². The minimum atomic E-state index is -0.518. The highest BCUT2D eigenvalue weighted by Gasteiger charge is 2.10. The van der Waals surface area contributed by atoms with Gasteiger partial charge in [-0.2, -0.15) is 0 Å². The highest BCUT2D eigenvalue weighted by molar-refractivity contribution is 6.33. The first-order chi connectivity index (χ1) is 9.49. The van der Waals surface area contributed by atoms with Crippen molar-refractivity contribution in [3.8, 4) is 0 Å². The van der Waals surface area contributed by atoms with Gasteiger partial charge >= 0.3 is 0 Å². The number of hydrogen-bond acceptors (Lipinski definition) is 2. The first kappa shape index (κ1) is 15.2. The number of halogens is 2. The Hall–Kier alpha value is -1.22. The van der Waals surface area contributed by atoms with Gasteiger partial charge in [0.05, 0.1) is 16.8 Å². The first-order valence-corrected chi connectivity index (χ1v) is 7.16. The minimum absolute atomic E-state index is 0.518. The van der Waals surface area contributed by atoms with E-state index in [0.717, 1.165) is 21.8 Å². The maximum atomic E-state index is 9.56. The number of aliphatic hydroxyl groups is 1. The van der Waals surface area contributed by atoms with Gasteiger partial charge in [0.2, 0.25) is 0 Å². The molecule has 0 heterocycles. The number of hydrogen-bond donors (Lipinski definition) is 1. The second-order valence-corrected chi connectivity index (χ2v) is 5.65. The van der Waals surface area contributed by atoms with E-state index in [9.17, 15) is 5.11 Å². The van der Waals surface area contributed by atoms with Crippen molar-refractivity contribution in [3.63, 3.8) is 0 Å². The number of aliphatic hydroxyl groups excluding tert-OH is 1. The topological polar surface area (TPSA) is 23.5 Å². The summed E-state index contributed by atoms with van der Waals surface area (Å²) in [4.78, 5) is 2.04. The molecule has 106 valence electrons. The van der Waals surface area contributed by atoms with Crippen LogP contribution in [0.3, 0.4) is 0 Å². The highest BCUT2D eigenvalue weighted by Crippen LogP contribution is 2.30. The van der Waals surface area contributed by atoms with Crippen LogP contribution >= 0.6 is 23.2 Å². The smallest absolute Gasteiger partial charge is 0.0762 e. The summed E-state index contributed by atoms with van der Waals surface area (Å²) in [5.41, 5.74) is 2.77. The van der Waals surface area contributed by atoms with Crippen molar-refractivity contribution in [1.29, 1.82) is 0 Å². The van der Waals surface area contributed by atoms with E-state index in [2.05, 4.69) is 0 Å². The zero-order valence-corrected chi connectivity index (χ0v) is 13.0. The van der Waals surface area contributed by atoms with Crippen LogP contribution in [-0.2, 0) is 6.54 Å². The van der Waals surface area contributed by atoms with Crippen molar-refractivity contribution in [2.75, 3.05) is 11.9 Å². The Bertz CT molecular complexity index is 599. The Kier molecular flexibility index (Phi) is 4.92. The van der Waals surface area contributed by atoms with Gasteiger partial charge in [-0.3, -0.25) is 0 Å². The molecule has 0 aromatic heterocycles. The van der Waals surface area contributed by atoms with Crippen molar-refractivity contribution in [3.05, 3.63) is 63.6 Å². The molecule has 0 spiro atoms. The molecule has 0 saturated heterocycles. The quantitative estimate of drug-likeness (QED) is 0.886. The molecule has 0 fully saturated rings. The van der Waals surface area contributed by atoms with Crippen molar-refractivity contribution in [2.45, 2.75) is 19.6 Å². The Morgan fingerprint density at radius 1 is 1.10 bits per heavy atom. The maximum absolute atomic E-state index is 9.56. The van der Waals surface area contributed by atoms with E-state index in [-0.39, 0.29) is 0 Å². The Balaban J connectivity index is 2.21. The van der Waals surface area contributed by atoms with E-state index in [1.807, 2.05) is 48.3 Å². The summed E-state index contributed by atoms with van der Waals surface area (Å²) < 4.78 is 0. The first-order valence-electron chi connectivity index (χ1n) is 6.41. The van der Waals surface area contributed by atoms with Crippen molar-refractivity contribution in [2.24, 2.45) is 0 Å². The van der Waals surface area contributed by atoms with E-state index in [4.69, 9.17) is 23.2 Å². The van der Waals surface area contributed by atoms with Gasteiger partial charge in [-0.05, 0) is 36.2 Å². The normalized spacial score (nSPS) is 12.2. The molecule has 0 amide bonds. The zero-order chi connectivity index (χ0) is 14.7. The van der Waals surface area contributed by atoms with Crippen LogP contribution in [0, 0.1) is 0 Å². The molecule has 0 bridgehead atoms.